The van der Waals surface area contributed by atoms with Crippen LogP contribution >= 0.6 is 11.9 Å². The van der Waals surface area contributed by atoms with Gasteiger partial charge in [-0.25, -0.2) is 9.59 Å². The zero-order chi connectivity index (χ0) is 16.4. The van der Waals surface area contributed by atoms with E-state index in [1.807, 2.05) is 6.07 Å². The predicted molar refractivity (Wildman–Crippen MR) is 82.9 cm³/mol. The second kappa shape index (κ2) is 5.97. The molecule has 2 aromatic carbocycles. The average molecular weight is 331 g/mol. The molecule has 1 aromatic heterocycles. The molecule has 8 nitrogen and oxygen atoms in total. The Bertz CT molecular complexity index is 957. The van der Waals surface area contributed by atoms with Crippen LogP contribution in [0.4, 0.5) is 5.69 Å². The minimum atomic E-state index is -0.868. The number of benzene rings is 2. The lowest BCUT2D eigenvalue weighted by Gasteiger charge is -1.98. The molecule has 0 saturated carbocycles. The van der Waals surface area contributed by atoms with Gasteiger partial charge in [-0.2, -0.15) is 4.57 Å². The molecule has 0 amide bonds. The Labute approximate surface area is 132 Å². The van der Waals surface area contributed by atoms with Crippen LogP contribution in [-0.2, 0) is 0 Å². The summed E-state index contributed by atoms with van der Waals surface area (Å²) in [5, 5.41) is 10.6. The van der Waals surface area contributed by atoms with Crippen LogP contribution in [0.25, 0.3) is 5.69 Å². The lowest BCUT2D eigenvalue weighted by atomic mass is 10.3. The highest BCUT2D eigenvalue weighted by atomic mass is 32.2. The van der Waals surface area contributed by atoms with Crippen molar-refractivity contribution in [1.82, 2.24) is 8.71 Å². The van der Waals surface area contributed by atoms with E-state index in [1.54, 1.807) is 24.3 Å². The molecule has 0 aliphatic heterocycles. The van der Waals surface area contributed by atoms with Gasteiger partial charge in [-0.1, -0.05) is 22.3 Å². The minimum Gasteiger partial charge on any atom is -0.305 e. The number of rotatable bonds is 4. The molecule has 9 heteroatoms. The number of nitro groups is 1. The summed E-state index contributed by atoms with van der Waals surface area (Å²) in [6.45, 7) is 0. The predicted octanol–water partition coefficient (Wildman–Crippen LogP) is 2.06. The summed E-state index contributed by atoms with van der Waals surface area (Å²) in [4.78, 5) is 35.0. The molecule has 0 aliphatic carbocycles. The fraction of sp³-hybridized carbons (Fsp3) is 0. The van der Waals surface area contributed by atoms with Gasteiger partial charge < -0.3 is 4.52 Å². The normalized spacial score (nSPS) is 10.6. The van der Waals surface area contributed by atoms with Gasteiger partial charge in [-0.05, 0) is 24.3 Å². The molecular weight excluding hydrogens is 322 g/mol. The van der Waals surface area contributed by atoms with Crippen molar-refractivity contribution in [2.45, 2.75) is 4.90 Å². The molecule has 0 aliphatic rings. The highest BCUT2D eigenvalue weighted by molar-refractivity contribution is 7.97. The molecule has 0 unspecified atom stereocenters. The van der Waals surface area contributed by atoms with E-state index in [4.69, 9.17) is 4.52 Å². The SMILES string of the molecule is O=c1on(Sc2ccccc2)c(=O)n1-c1ccc([N+](=O)[O-])cc1. The standard InChI is InChI=1S/C14H9N3O5S/c18-13-15(10-6-8-11(9-7-10)16(20)21)14(19)22-17(13)23-12-4-2-1-3-5-12/h1-9H. The highest BCUT2D eigenvalue weighted by Gasteiger charge is 2.15. The largest absolute Gasteiger partial charge is 0.448 e. The summed E-state index contributed by atoms with van der Waals surface area (Å²) in [6.07, 6.45) is 0. The third kappa shape index (κ3) is 2.94. The maximum atomic E-state index is 12.3. The maximum Gasteiger partial charge on any atom is 0.448 e. The van der Waals surface area contributed by atoms with Gasteiger partial charge >= 0.3 is 11.4 Å². The molecule has 3 rings (SSSR count). The molecule has 116 valence electrons. The fourth-order valence-electron chi connectivity index (χ4n) is 1.88. The summed E-state index contributed by atoms with van der Waals surface area (Å²) >= 11 is 0.960. The molecule has 0 spiro atoms. The van der Waals surface area contributed by atoms with Crippen LogP contribution in [0.2, 0.25) is 0 Å². The molecule has 23 heavy (non-hydrogen) atoms. The highest BCUT2D eigenvalue weighted by Crippen LogP contribution is 2.18. The molecule has 0 saturated heterocycles. The van der Waals surface area contributed by atoms with Gasteiger partial charge in [-0.3, -0.25) is 10.1 Å². The van der Waals surface area contributed by atoms with E-state index in [2.05, 4.69) is 0 Å². The van der Waals surface area contributed by atoms with Crippen LogP contribution in [0.15, 0.2) is 73.6 Å². The van der Waals surface area contributed by atoms with Gasteiger partial charge in [0.15, 0.2) is 0 Å². The third-order valence-electron chi connectivity index (χ3n) is 2.94. The number of aromatic nitrogens is 2. The van der Waals surface area contributed by atoms with Crippen LogP contribution in [0.3, 0.4) is 0 Å². The Morgan fingerprint density at radius 1 is 1.00 bits per heavy atom. The summed E-state index contributed by atoms with van der Waals surface area (Å²) in [7, 11) is 0. The van der Waals surface area contributed by atoms with Gasteiger partial charge in [0.25, 0.3) is 5.69 Å². The molecule has 3 aromatic rings. The van der Waals surface area contributed by atoms with E-state index in [0.717, 1.165) is 25.6 Å². The van der Waals surface area contributed by atoms with Gasteiger partial charge in [0.05, 0.1) is 10.6 Å². The lowest BCUT2D eigenvalue weighted by molar-refractivity contribution is -0.384. The summed E-state index contributed by atoms with van der Waals surface area (Å²) in [6, 6.07) is 14.0. The zero-order valence-corrected chi connectivity index (χ0v) is 12.3. The smallest absolute Gasteiger partial charge is 0.305 e. The monoisotopic (exact) mass is 331 g/mol. The van der Waals surface area contributed by atoms with E-state index < -0.39 is 16.4 Å². The Hall–Kier alpha value is -3.07. The van der Waals surface area contributed by atoms with E-state index in [9.17, 15) is 19.7 Å². The van der Waals surface area contributed by atoms with Crippen LogP contribution < -0.4 is 11.4 Å². The van der Waals surface area contributed by atoms with Crippen LogP contribution in [0.1, 0.15) is 0 Å². The van der Waals surface area contributed by atoms with E-state index in [1.165, 1.54) is 24.3 Å². The molecule has 0 N–H and O–H groups in total. The van der Waals surface area contributed by atoms with E-state index >= 15 is 0 Å². The van der Waals surface area contributed by atoms with Gasteiger partial charge in [0.1, 0.15) is 0 Å². The fourth-order valence-corrected chi connectivity index (χ4v) is 2.62. The minimum absolute atomic E-state index is 0.135. The Balaban J connectivity index is 1.99. The topological polar surface area (TPSA) is 100 Å². The molecule has 0 radical (unpaired) electrons. The first-order valence-electron chi connectivity index (χ1n) is 6.40. The van der Waals surface area contributed by atoms with Gasteiger partial charge in [-0.15, -0.1) is 0 Å². The molecule has 1 heterocycles. The van der Waals surface area contributed by atoms with Crippen molar-refractivity contribution in [2.24, 2.45) is 0 Å². The first-order valence-corrected chi connectivity index (χ1v) is 7.17. The summed E-state index contributed by atoms with van der Waals surface area (Å²) in [5.41, 5.74) is -0.622. The molecule has 0 fully saturated rings. The average Bonchev–Trinajstić information content (AvgIpc) is 2.82. The zero-order valence-electron chi connectivity index (χ0n) is 11.5. The number of nitrogens with zero attached hydrogens (tertiary/aromatic N) is 3. The maximum absolute atomic E-state index is 12.3. The van der Waals surface area contributed by atoms with Gasteiger partial charge in [0, 0.05) is 29.0 Å². The number of nitro benzene ring substituents is 1. The Morgan fingerprint density at radius 3 is 2.26 bits per heavy atom. The molecular formula is C14H9N3O5S. The van der Waals surface area contributed by atoms with Crippen LogP contribution in [-0.4, -0.2) is 13.6 Å². The van der Waals surface area contributed by atoms with Crippen molar-refractivity contribution in [3.8, 4) is 5.69 Å². The third-order valence-corrected chi connectivity index (χ3v) is 3.82. The second-order valence-electron chi connectivity index (χ2n) is 4.41. The van der Waals surface area contributed by atoms with Crippen molar-refractivity contribution >= 4 is 17.6 Å². The van der Waals surface area contributed by atoms with Crippen LogP contribution in [0.5, 0.6) is 0 Å². The number of non-ortho nitro benzene ring substituents is 1. The first kappa shape index (κ1) is 14.9. The molecule has 0 atom stereocenters. The molecule has 0 bridgehead atoms. The first-order chi connectivity index (χ1) is 11.1. The van der Waals surface area contributed by atoms with Crippen molar-refractivity contribution in [3.63, 3.8) is 0 Å². The van der Waals surface area contributed by atoms with E-state index in [0.29, 0.717) is 0 Å². The quantitative estimate of drug-likeness (QED) is 0.536. The van der Waals surface area contributed by atoms with Gasteiger partial charge in [0.2, 0.25) is 0 Å². The van der Waals surface area contributed by atoms with Crippen molar-refractivity contribution in [1.29, 1.82) is 0 Å². The number of hydrogen-bond acceptors (Lipinski definition) is 6. The second-order valence-corrected chi connectivity index (χ2v) is 5.40. The summed E-state index contributed by atoms with van der Waals surface area (Å²) < 4.78 is 6.59. The van der Waals surface area contributed by atoms with Crippen molar-refractivity contribution in [2.75, 3.05) is 0 Å². The van der Waals surface area contributed by atoms with Crippen molar-refractivity contribution in [3.05, 3.63) is 85.7 Å². The Morgan fingerprint density at radius 2 is 1.65 bits per heavy atom. The Kier molecular flexibility index (Phi) is 3.85. The summed E-state index contributed by atoms with van der Waals surface area (Å²) in [5.74, 6) is -0.868. The van der Waals surface area contributed by atoms with Crippen molar-refractivity contribution < 1.29 is 9.45 Å². The number of hydrogen-bond donors (Lipinski definition) is 0. The van der Waals surface area contributed by atoms with E-state index in [-0.39, 0.29) is 11.4 Å². The van der Waals surface area contributed by atoms with Crippen LogP contribution in [0, 0.1) is 10.1 Å². The lowest BCUT2D eigenvalue weighted by Crippen LogP contribution is -2.25.